The Morgan fingerprint density at radius 1 is 1.22 bits per heavy atom. The van der Waals surface area contributed by atoms with Gasteiger partial charge in [0.15, 0.2) is 5.13 Å². The lowest BCUT2D eigenvalue weighted by atomic mass is 10.1. The molecule has 0 spiro atoms. The molecule has 1 amide bonds. The minimum absolute atomic E-state index is 0.0615. The summed E-state index contributed by atoms with van der Waals surface area (Å²) >= 11 is 1.40. The van der Waals surface area contributed by atoms with Gasteiger partial charge in [0.05, 0.1) is 15.1 Å². The van der Waals surface area contributed by atoms with Gasteiger partial charge < -0.3 is 0 Å². The van der Waals surface area contributed by atoms with Crippen LogP contribution in [0.1, 0.15) is 15.9 Å². The Morgan fingerprint density at radius 2 is 1.96 bits per heavy atom. The molecule has 0 fully saturated rings. The Kier molecular flexibility index (Phi) is 3.79. The number of carbonyl (C=O) groups is 1. The van der Waals surface area contributed by atoms with Crippen LogP contribution in [0.5, 0.6) is 0 Å². The monoisotopic (exact) mass is 327 g/mol. The summed E-state index contributed by atoms with van der Waals surface area (Å²) in [5, 5.41) is 11.6. The lowest BCUT2D eigenvalue weighted by Crippen LogP contribution is -2.26. The van der Waals surface area contributed by atoms with Gasteiger partial charge in [0.25, 0.3) is 11.6 Å². The number of rotatable bonds is 3. The highest BCUT2D eigenvalue weighted by Crippen LogP contribution is 2.30. The minimum atomic E-state index is -0.482. The van der Waals surface area contributed by atoms with Gasteiger partial charge in [0.2, 0.25) is 0 Å². The molecule has 0 aliphatic carbocycles. The number of benzene rings is 2. The molecule has 0 bridgehead atoms. The SMILES string of the molecule is Cc1c(C(=O)N(C)c2nc3ccccc3s2)cccc1[N+](=O)[O-]. The van der Waals surface area contributed by atoms with Gasteiger partial charge in [-0.15, -0.1) is 0 Å². The number of hydrogen-bond donors (Lipinski definition) is 0. The van der Waals surface area contributed by atoms with E-state index in [1.165, 1.54) is 28.4 Å². The van der Waals surface area contributed by atoms with Gasteiger partial charge in [0.1, 0.15) is 0 Å². The first-order chi connectivity index (χ1) is 11.0. The topological polar surface area (TPSA) is 76.3 Å². The molecule has 7 heteroatoms. The van der Waals surface area contributed by atoms with E-state index in [2.05, 4.69) is 4.98 Å². The molecular formula is C16H13N3O3S. The van der Waals surface area contributed by atoms with Gasteiger partial charge in [-0.3, -0.25) is 19.8 Å². The maximum Gasteiger partial charge on any atom is 0.273 e. The Balaban J connectivity index is 1.99. The summed E-state index contributed by atoms with van der Waals surface area (Å²) in [5.74, 6) is -0.315. The van der Waals surface area contributed by atoms with Gasteiger partial charge in [-0.25, -0.2) is 4.98 Å². The van der Waals surface area contributed by atoms with E-state index in [0.717, 1.165) is 10.2 Å². The van der Waals surface area contributed by atoms with Crippen LogP contribution in [0.3, 0.4) is 0 Å². The molecule has 0 atom stereocenters. The maximum absolute atomic E-state index is 12.7. The van der Waals surface area contributed by atoms with E-state index in [1.807, 2.05) is 24.3 Å². The summed E-state index contributed by atoms with van der Waals surface area (Å²) in [5.41, 5.74) is 1.42. The molecule has 0 saturated carbocycles. The first-order valence-electron chi connectivity index (χ1n) is 6.86. The van der Waals surface area contributed by atoms with Gasteiger partial charge in [-0.05, 0) is 25.1 Å². The number of amides is 1. The molecule has 3 aromatic rings. The Labute approximate surface area is 136 Å². The smallest absolute Gasteiger partial charge is 0.273 e. The second-order valence-corrected chi connectivity index (χ2v) is 6.04. The number of nitrogens with zero attached hydrogens (tertiary/aromatic N) is 3. The third-order valence-electron chi connectivity index (χ3n) is 3.61. The van der Waals surface area contributed by atoms with Crippen molar-refractivity contribution in [3.05, 3.63) is 63.7 Å². The summed E-state index contributed by atoms with van der Waals surface area (Å²) in [7, 11) is 1.62. The van der Waals surface area contributed by atoms with Crippen LogP contribution in [0.25, 0.3) is 10.2 Å². The lowest BCUT2D eigenvalue weighted by Gasteiger charge is -2.15. The number of nitro benzene ring substituents is 1. The quantitative estimate of drug-likeness (QED) is 0.542. The Morgan fingerprint density at radius 3 is 2.65 bits per heavy atom. The first-order valence-corrected chi connectivity index (χ1v) is 7.68. The predicted molar refractivity (Wildman–Crippen MR) is 90.2 cm³/mol. The standard InChI is InChI=1S/C16H13N3O3S/c1-10-11(6-5-8-13(10)19(21)22)15(20)18(2)16-17-12-7-3-4-9-14(12)23-16/h3-9H,1-2H3. The average molecular weight is 327 g/mol. The number of nitro groups is 1. The molecule has 3 rings (SSSR count). The second-order valence-electron chi connectivity index (χ2n) is 5.04. The fourth-order valence-electron chi connectivity index (χ4n) is 2.32. The number of carbonyl (C=O) groups excluding carboxylic acids is 1. The van der Waals surface area contributed by atoms with Crippen LogP contribution in [-0.2, 0) is 0 Å². The van der Waals surface area contributed by atoms with E-state index in [0.29, 0.717) is 16.3 Å². The van der Waals surface area contributed by atoms with Gasteiger partial charge in [-0.2, -0.15) is 0 Å². The molecule has 0 aliphatic heterocycles. The predicted octanol–water partition coefficient (Wildman–Crippen LogP) is 3.79. The van der Waals surface area contributed by atoms with E-state index in [1.54, 1.807) is 20.0 Å². The molecule has 0 saturated heterocycles. The molecule has 23 heavy (non-hydrogen) atoms. The summed E-state index contributed by atoms with van der Waals surface area (Å²) in [6.45, 7) is 1.58. The number of hydrogen-bond acceptors (Lipinski definition) is 5. The third kappa shape index (κ3) is 2.66. The van der Waals surface area contributed by atoms with Crippen molar-refractivity contribution in [2.75, 3.05) is 11.9 Å². The molecular weight excluding hydrogens is 314 g/mol. The van der Waals surface area contributed by atoms with Gasteiger partial charge in [0, 0.05) is 24.2 Å². The van der Waals surface area contributed by atoms with E-state index < -0.39 is 4.92 Å². The molecule has 2 aromatic carbocycles. The Hall–Kier alpha value is -2.80. The van der Waals surface area contributed by atoms with E-state index in [4.69, 9.17) is 0 Å². The fourth-order valence-corrected chi connectivity index (χ4v) is 3.25. The van der Waals surface area contributed by atoms with Crippen molar-refractivity contribution in [2.24, 2.45) is 0 Å². The van der Waals surface area contributed by atoms with Gasteiger partial charge >= 0.3 is 0 Å². The van der Waals surface area contributed by atoms with Crippen LogP contribution in [0, 0.1) is 17.0 Å². The number of fused-ring (bicyclic) bond motifs is 1. The lowest BCUT2D eigenvalue weighted by molar-refractivity contribution is -0.385. The van der Waals surface area contributed by atoms with Crippen LogP contribution < -0.4 is 4.90 Å². The highest BCUT2D eigenvalue weighted by atomic mass is 32.1. The van der Waals surface area contributed by atoms with Gasteiger partial charge in [-0.1, -0.05) is 29.5 Å². The van der Waals surface area contributed by atoms with Crippen LogP contribution in [0.4, 0.5) is 10.8 Å². The number of thiazole rings is 1. The zero-order valence-electron chi connectivity index (χ0n) is 12.5. The Bertz CT molecular complexity index is 887. The molecule has 116 valence electrons. The molecule has 0 aliphatic rings. The van der Waals surface area contributed by atoms with E-state index in [9.17, 15) is 14.9 Å². The number of para-hydroxylation sites is 1. The zero-order chi connectivity index (χ0) is 16.6. The van der Waals surface area contributed by atoms with Crippen molar-refractivity contribution in [3.63, 3.8) is 0 Å². The van der Waals surface area contributed by atoms with Crippen LogP contribution in [-0.4, -0.2) is 22.9 Å². The molecule has 0 unspecified atom stereocenters. The van der Waals surface area contributed by atoms with Crippen molar-refractivity contribution in [2.45, 2.75) is 6.92 Å². The van der Waals surface area contributed by atoms with E-state index in [-0.39, 0.29) is 11.6 Å². The summed E-state index contributed by atoms with van der Waals surface area (Å²) < 4.78 is 0.984. The normalized spacial score (nSPS) is 10.7. The fraction of sp³-hybridized carbons (Fsp3) is 0.125. The molecule has 1 heterocycles. The number of anilines is 1. The zero-order valence-corrected chi connectivity index (χ0v) is 13.3. The molecule has 0 N–H and O–H groups in total. The molecule has 6 nitrogen and oxygen atoms in total. The average Bonchev–Trinajstić information content (AvgIpc) is 2.97. The van der Waals surface area contributed by atoms with Crippen molar-refractivity contribution < 1.29 is 9.72 Å². The van der Waals surface area contributed by atoms with Crippen LogP contribution >= 0.6 is 11.3 Å². The molecule has 0 radical (unpaired) electrons. The minimum Gasteiger partial charge on any atom is -0.287 e. The van der Waals surface area contributed by atoms with E-state index >= 15 is 0 Å². The first kappa shape index (κ1) is 15.1. The number of aromatic nitrogens is 1. The van der Waals surface area contributed by atoms with Crippen molar-refractivity contribution in [1.82, 2.24) is 4.98 Å². The third-order valence-corrected chi connectivity index (χ3v) is 4.72. The summed E-state index contributed by atoms with van der Waals surface area (Å²) in [6.07, 6.45) is 0. The van der Waals surface area contributed by atoms with Crippen LogP contribution in [0.2, 0.25) is 0 Å². The summed E-state index contributed by atoms with van der Waals surface area (Å²) in [4.78, 5) is 29.1. The molecule has 1 aromatic heterocycles. The van der Waals surface area contributed by atoms with Crippen molar-refractivity contribution in [3.8, 4) is 0 Å². The largest absolute Gasteiger partial charge is 0.287 e. The van der Waals surface area contributed by atoms with Crippen molar-refractivity contribution >= 4 is 38.3 Å². The highest BCUT2D eigenvalue weighted by molar-refractivity contribution is 7.22. The van der Waals surface area contributed by atoms with Crippen molar-refractivity contribution in [1.29, 1.82) is 0 Å². The highest BCUT2D eigenvalue weighted by Gasteiger charge is 2.22. The maximum atomic E-state index is 12.7. The second kappa shape index (κ2) is 5.77. The van der Waals surface area contributed by atoms with Crippen LogP contribution in [0.15, 0.2) is 42.5 Å². The summed E-state index contributed by atoms with van der Waals surface area (Å²) in [6, 6.07) is 12.1.